The fourth-order valence-electron chi connectivity index (χ4n) is 1.09. The number of hydrogen-bond acceptors (Lipinski definition) is 4. The second-order valence-corrected chi connectivity index (χ2v) is 2.98. The van der Waals surface area contributed by atoms with Crippen molar-refractivity contribution in [1.29, 1.82) is 0 Å². The summed E-state index contributed by atoms with van der Waals surface area (Å²) in [7, 11) is 1.73. The van der Waals surface area contributed by atoms with Crippen molar-refractivity contribution in [1.82, 2.24) is 9.78 Å². The zero-order valence-electron chi connectivity index (χ0n) is 8.90. The Balaban J connectivity index is 2.66. The molecule has 1 heterocycles. The lowest BCUT2D eigenvalue weighted by molar-refractivity contribution is -0.152. The third-order valence-corrected chi connectivity index (χ3v) is 1.72. The minimum absolute atomic E-state index is 0.179. The third-order valence-electron chi connectivity index (χ3n) is 1.72. The van der Waals surface area contributed by atoms with Gasteiger partial charge >= 0.3 is 11.9 Å². The number of aryl methyl sites for hydroxylation is 2. The van der Waals surface area contributed by atoms with Gasteiger partial charge in [0.1, 0.15) is 0 Å². The summed E-state index contributed by atoms with van der Waals surface area (Å²) in [6.07, 6.45) is 1.62. The lowest BCUT2D eigenvalue weighted by Crippen LogP contribution is -2.25. The molecule has 0 saturated carbocycles. The van der Waals surface area contributed by atoms with Gasteiger partial charge in [0, 0.05) is 13.2 Å². The van der Waals surface area contributed by atoms with E-state index >= 15 is 0 Å². The molecule has 6 heteroatoms. The van der Waals surface area contributed by atoms with Gasteiger partial charge in [0.25, 0.3) is 0 Å². The summed E-state index contributed by atoms with van der Waals surface area (Å²) in [6, 6.07) is 0. The highest BCUT2D eigenvalue weighted by molar-refractivity contribution is 6.37. The predicted octanol–water partition coefficient (Wildman–Crippen LogP) is 0.230. The Hall–Kier alpha value is -1.85. The molecule has 1 amide bonds. The molecule has 1 aromatic heterocycles. The highest BCUT2D eigenvalue weighted by Crippen LogP contribution is 2.10. The normalized spacial score (nSPS) is 9.80. The maximum absolute atomic E-state index is 11.2. The smallest absolute Gasteiger partial charge is 0.397 e. The number of carbonyl (C=O) groups excluding carboxylic acids is 2. The molecular weight excluding hydrogens is 198 g/mol. The lowest BCUT2D eigenvalue weighted by atomic mass is 10.4. The summed E-state index contributed by atoms with van der Waals surface area (Å²) in [5.74, 6) is -1.67. The van der Waals surface area contributed by atoms with Gasteiger partial charge in [-0.2, -0.15) is 5.10 Å². The summed E-state index contributed by atoms with van der Waals surface area (Å²) in [4.78, 5) is 22.2. The van der Waals surface area contributed by atoms with E-state index in [4.69, 9.17) is 0 Å². The number of rotatable bonds is 2. The van der Waals surface area contributed by atoms with E-state index in [1.165, 1.54) is 0 Å². The van der Waals surface area contributed by atoms with Crippen LogP contribution in [-0.2, 0) is 21.4 Å². The van der Waals surface area contributed by atoms with E-state index in [1.807, 2.05) is 0 Å². The topological polar surface area (TPSA) is 73.2 Å². The number of aromatic nitrogens is 2. The van der Waals surface area contributed by atoms with E-state index in [0.717, 1.165) is 0 Å². The molecule has 0 aromatic carbocycles. The molecule has 1 aromatic rings. The van der Waals surface area contributed by atoms with Gasteiger partial charge in [-0.1, -0.05) is 0 Å². The van der Waals surface area contributed by atoms with Crippen molar-refractivity contribution in [2.45, 2.75) is 13.8 Å². The maximum atomic E-state index is 11.2. The molecule has 1 rings (SSSR count). The molecule has 6 nitrogen and oxygen atoms in total. The van der Waals surface area contributed by atoms with E-state index in [9.17, 15) is 9.59 Å². The monoisotopic (exact) mass is 211 g/mol. The van der Waals surface area contributed by atoms with Crippen LogP contribution in [0.4, 0.5) is 5.69 Å². The van der Waals surface area contributed by atoms with Crippen LogP contribution in [0.15, 0.2) is 6.20 Å². The Bertz CT molecular complexity index is 384. The number of amides is 1. The van der Waals surface area contributed by atoms with Crippen LogP contribution in [0.3, 0.4) is 0 Å². The van der Waals surface area contributed by atoms with Crippen molar-refractivity contribution in [2.24, 2.45) is 7.05 Å². The van der Waals surface area contributed by atoms with E-state index in [-0.39, 0.29) is 6.61 Å². The summed E-state index contributed by atoms with van der Waals surface area (Å²) >= 11 is 0. The second kappa shape index (κ2) is 4.59. The molecule has 0 aliphatic carbocycles. The molecule has 0 fully saturated rings. The fraction of sp³-hybridized carbons (Fsp3) is 0.444. The van der Waals surface area contributed by atoms with E-state index in [2.05, 4.69) is 15.2 Å². The second-order valence-electron chi connectivity index (χ2n) is 2.98. The van der Waals surface area contributed by atoms with Gasteiger partial charge in [0.2, 0.25) is 0 Å². The standard InChI is InChI=1S/C9H13N3O3/c1-4-15-9(14)8(13)10-7-5-12(3)11-6(7)2/h5H,4H2,1-3H3,(H,10,13). The molecule has 0 saturated heterocycles. The minimum atomic E-state index is -0.888. The van der Waals surface area contributed by atoms with Crippen LogP contribution in [0.25, 0.3) is 0 Å². The van der Waals surface area contributed by atoms with Gasteiger partial charge in [-0.05, 0) is 13.8 Å². The molecule has 1 N–H and O–H groups in total. The largest absolute Gasteiger partial charge is 0.459 e. The molecule has 0 bridgehead atoms. The first-order valence-electron chi connectivity index (χ1n) is 4.53. The highest BCUT2D eigenvalue weighted by atomic mass is 16.5. The first-order chi connectivity index (χ1) is 7.04. The number of anilines is 1. The van der Waals surface area contributed by atoms with Gasteiger partial charge < -0.3 is 10.1 Å². The van der Waals surface area contributed by atoms with Crippen molar-refractivity contribution in [3.05, 3.63) is 11.9 Å². The number of carbonyl (C=O) groups is 2. The first kappa shape index (κ1) is 11.2. The summed E-state index contributed by atoms with van der Waals surface area (Å²) in [6.45, 7) is 3.56. The molecule has 0 spiro atoms. The van der Waals surface area contributed by atoms with Crippen LogP contribution < -0.4 is 5.32 Å². The Morgan fingerprint density at radius 2 is 2.27 bits per heavy atom. The first-order valence-corrected chi connectivity index (χ1v) is 4.53. The summed E-state index contributed by atoms with van der Waals surface area (Å²) < 4.78 is 6.10. The van der Waals surface area contributed by atoms with Gasteiger partial charge in [-0.15, -0.1) is 0 Å². The van der Waals surface area contributed by atoms with Crippen molar-refractivity contribution < 1.29 is 14.3 Å². The SMILES string of the molecule is CCOC(=O)C(=O)Nc1cn(C)nc1C. The van der Waals surface area contributed by atoms with Gasteiger partial charge in [0.15, 0.2) is 0 Å². The van der Waals surface area contributed by atoms with E-state index < -0.39 is 11.9 Å². The Kier molecular flexibility index (Phi) is 3.43. The van der Waals surface area contributed by atoms with Crippen molar-refractivity contribution >= 4 is 17.6 Å². The minimum Gasteiger partial charge on any atom is -0.459 e. The van der Waals surface area contributed by atoms with Crippen LogP contribution in [-0.4, -0.2) is 28.3 Å². The average Bonchev–Trinajstić information content (AvgIpc) is 2.45. The Labute approximate surface area is 87.2 Å². The molecule has 15 heavy (non-hydrogen) atoms. The van der Waals surface area contributed by atoms with Crippen molar-refractivity contribution in [3.63, 3.8) is 0 Å². The fourth-order valence-corrected chi connectivity index (χ4v) is 1.09. The summed E-state index contributed by atoms with van der Waals surface area (Å²) in [5.41, 5.74) is 1.16. The van der Waals surface area contributed by atoms with E-state index in [1.54, 1.807) is 31.8 Å². The molecule has 0 atom stereocenters. The quantitative estimate of drug-likeness (QED) is 0.561. The third kappa shape index (κ3) is 2.80. The van der Waals surface area contributed by atoms with Crippen LogP contribution in [0, 0.1) is 6.92 Å². The Morgan fingerprint density at radius 1 is 1.60 bits per heavy atom. The molecule has 0 aliphatic heterocycles. The maximum Gasteiger partial charge on any atom is 0.397 e. The van der Waals surface area contributed by atoms with Gasteiger partial charge in [-0.3, -0.25) is 9.48 Å². The average molecular weight is 211 g/mol. The number of esters is 1. The lowest BCUT2D eigenvalue weighted by Gasteiger charge is -2.02. The van der Waals surface area contributed by atoms with Crippen LogP contribution >= 0.6 is 0 Å². The number of nitrogens with one attached hydrogen (secondary N) is 1. The van der Waals surface area contributed by atoms with E-state index in [0.29, 0.717) is 11.4 Å². The molecule has 82 valence electrons. The highest BCUT2D eigenvalue weighted by Gasteiger charge is 2.16. The Morgan fingerprint density at radius 3 is 2.73 bits per heavy atom. The molecular formula is C9H13N3O3. The number of hydrogen-bond donors (Lipinski definition) is 1. The number of ether oxygens (including phenoxy) is 1. The molecule has 0 aliphatic rings. The van der Waals surface area contributed by atoms with Crippen molar-refractivity contribution in [2.75, 3.05) is 11.9 Å². The zero-order chi connectivity index (χ0) is 11.4. The molecule has 0 unspecified atom stereocenters. The van der Waals surface area contributed by atoms with Gasteiger partial charge in [0.05, 0.1) is 18.0 Å². The zero-order valence-corrected chi connectivity index (χ0v) is 8.90. The molecule has 0 radical (unpaired) electrons. The predicted molar refractivity (Wildman–Crippen MR) is 53.2 cm³/mol. The van der Waals surface area contributed by atoms with Crippen LogP contribution in [0.5, 0.6) is 0 Å². The number of nitrogens with zero attached hydrogens (tertiary/aromatic N) is 2. The van der Waals surface area contributed by atoms with Crippen molar-refractivity contribution in [3.8, 4) is 0 Å². The van der Waals surface area contributed by atoms with Crippen LogP contribution in [0.2, 0.25) is 0 Å². The van der Waals surface area contributed by atoms with Crippen LogP contribution in [0.1, 0.15) is 12.6 Å². The summed E-state index contributed by atoms with van der Waals surface area (Å²) in [5, 5.41) is 6.44. The van der Waals surface area contributed by atoms with Gasteiger partial charge in [-0.25, -0.2) is 4.79 Å².